The molecule has 2 aliphatic heterocycles. The van der Waals surface area contributed by atoms with Crippen LogP contribution in [-0.2, 0) is 19.9 Å². The highest BCUT2D eigenvalue weighted by atomic mass is 79.9. The number of benzene rings is 2. The number of ether oxygens (including phenoxy) is 1. The molecular weight excluding hydrogens is 408 g/mol. The first-order valence-electron chi connectivity index (χ1n) is 8.90. The molecule has 2 aromatic carbocycles. The van der Waals surface area contributed by atoms with Crippen LogP contribution in [0, 0.1) is 11.8 Å². The van der Waals surface area contributed by atoms with Crippen molar-refractivity contribution in [2.24, 2.45) is 11.8 Å². The predicted molar refractivity (Wildman–Crippen MR) is 106 cm³/mol. The minimum Gasteiger partial charge on any atom is -0.469 e. The summed E-state index contributed by atoms with van der Waals surface area (Å²) in [5, 5.41) is 3.55. The third-order valence-electron chi connectivity index (χ3n) is 5.98. The van der Waals surface area contributed by atoms with Crippen molar-refractivity contribution >= 4 is 33.5 Å². The van der Waals surface area contributed by atoms with E-state index in [1.807, 2.05) is 55.5 Å². The standard InChI is InChI=1S/C21H21BrN2O3/c1-12-17(19(25)27-3)18(13-7-6-8-14(22)11-13)23-21(12)15-9-4-5-10-16(15)24(2)20(21)26/h4-12,17-18,23H,1-3H3/t12-,17-,18-,21-/m0/s1. The number of anilines is 1. The van der Waals surface area contributed by atoms with E-state index in [4.69, 9.17) is 4.74 Å². The van der Waals surface area contributed by atoms with Gasteiger partial charge < -0.3 is 9.64 Å². The second-order valence-corrected chi connectivity index (χ2v) is 8.12. The first kappa shape index (κ1) is 18.2. The summed E-state index contributed by atoms with van der Waals surface area (Å²) in [7, 11) is 3.18. The number of hydrogen-bond donors (Lipinski definition) is 1. The van der Waals surface area contributed by atoms with Gasteiger partial charge in [-0.2, -0.15) is 0 Å². The van der Waals surface area contributed by atoms with Gasteiger partial charge in [-0.05, 0) is 23.8 Å². The van der Waals surface area contributed by atoms with Crippen LogP contribution in [0.3, 0.4) is 0 Å². The number of carbonyl (C=O) groups is 2. The summed E-state index contributed by atoms with van der Waals surface area (Å²) in [6.45, 7) is 1.96. The number of hydrogen-bond acceptors (Lipinski definition) is 4. The molecule has 0 radical (unpaired) electrons. The summed E-state index contributed by atoms with van der Waals surface area (Å²) in [5.41, 5.74) is 1.79. The third-order valence-corrected chi connectivity index (χ3v) is 6.47. The molecule has 0 unspecified atom stereocenters. The molecule has 2 heterocycles. The molecule has 1 amide bonds. The molecule has 0 bridgehead atoms. The zero-order chi connectivity index (χ0) is 19.3. The Morgan fingerprint density at radius 1 is 1.22 bits per heavy atom. The van der Waals surface area contributed by atoms with E-state index in [1.54, 1.807) is 11.9 Å². The highest BCUT2D eigenvalue weighted by Gasteiger charge is 2.63. The molecule has 4 rings (SSSR count). The van der Waals surface area contributed by atoms with Crippen molar-refractivity contribution < 1.29 is 14.3 Å². The largest absolute Gasteiger partial charge is 0.469 e. The summed E-state index contributed by atoms with van der Waals surface area (Å²) < 4.78 is 6.05. The van der Waals surface area contributed by atoms with Gasteiger partial charge in [-0.25, -0.2) is 0 Å². The Kier molecular flexibility index (Phi) is 4.35. The molecular formula is C21H21BrN2O3. The van der Waals surface area contributed by atoms with Crippen molar-refractivity contribution in [2.45, 2.75) is 18.5 Å². The fourth-order valence-corrected chi connectivity index (χ4v) is 5.08. The summed E-state index contributed by atoms with van der Waals surface area (Å²) in [5.74, 6) is -1.10. The molecule has 0 saturated carbocycles. The quantitative estimate of drug-likeness (QED) is 0.744. The fraction of sp³-hybridized carbons (Fsp3) is 0.333. The Bertz CT molecular complexity index is 931. The van der Waals surface area contributed by atoms with Crippen LogP contribution in [0.15, 0.2) is 53.0 Å². The smallest absolute Gasteiger partial charge is 0.310 e. The number of fused-ring (bicyclic) bond motifs is 2. The molecule has 1 fully saturated rings. The topological polar surface area (TPSA) is 58.6 Å². The number of esters is 1. The minimum atomic E-state index is -0.947. The molecule has 1 saturated heterocycles. The second-order valence-electron chi connectivity index (χ2n) is 7.20. The number of methoxy groups -OCH3 is 1. The Hall–Kier alpha value is -2.18. The van der Waals surface area contributed by atoms with E-state index in [9.17, 15) is 9.59 Å². The maximum absolute atomic E-state index is 13.4. The second kappa shape index (κ2) is 6.46. The van der Waals surface area contributed by atoms with Gasteiger partial charge in [0.15, 0.2) is 0 Å². The van der Waals surface area contributed by atoms with Crippen LogP contribution >= 0.6 is 15.9 Å². The number of para-hydroxylation sites is 1. The molecule has 2 aliphatic rings. The van der Waals surface area contributed by atoms with Crippen LogP contribution in [0.1, 0.15) is 24.1 Å². The summed E-state index contributed by atoms with van der Waals surface area (Å²) in [6.07, 6.45) is 0. The number of carbonyl (C=O) groups excluding carboxylic acids is 2. The van der Waals surface area contributed by atoms with E-state index in [0.717, 1.165) is 21.3 Å². The first-order chi connectivity index (χ1) is 12.9. The SMILES string of the molecule is COC(=O)[C@@H]1[C@H](c2cccc(Br)c2)N[C@@]2(C(=O)N(C)c3ccccc32)[C@H]1C. The lowest BCUT2D eigenvalue weighted by molar-refractivity contribution is -0.147. The van der Waals surface area contributed by atoms with Gasteiger partial charge in [0.1, 0.15) is 5.54 Å². The highest BCUT2D eigenvalue weighted by molar-refractivity contribution is 9.10. The van der Waals surface area contributed by atoms with Crippen LogP contribution < -0.4 is 10.2 Å². The van der Waals surface area contributed by atoms with Crippen LogP contribution in [0.5, 0.6) is 0 Å². The van der Waals surface area contributed by atoms with Gasteiger partial charge in [0.25, 0.3) is 5.91 Å². The molecule has 1 spiro atoms. The summed E-state index contributed by atoms with van der Waals surface area (Å²) in [4.78, 5) is 27.8. The maximum Gasteiger partial charge on any atom is 0.310 e. The summed E-state index contributed by atoms with van der Waals surface area (Å²) >= 11 is 3.50. The lowest BCUT2D eigenvalue weighted by atomic mass is 9.76. The van der Waals surface area contributed by atoms with Crippen molar-refractivity contribution in [1.82, 2.24) is 5.32 Å². The van der Waals surface area contributed by atoms with Crippen molar-refractivity contribution in [3.05, 3.63) is 64.1 Å². The van der Waals surface area contributed by atoms with Crippen molar-refractivity contribution in [2.75, 3.05) is 19.1 Å². The van der Waals surface area contributed by atoms with Crippen molar-refractivity contribution in [3.63, 3.8) is 0 Å². The van der Waals surface area contributed by atoms with Crippen molar-refractivity contribution in [1.29, 1.82) is 0 Å². The Morgan fingerprint density at radius 2 is 1.96 bits per heavy atom. The predicted octanol–water partition coefficient (Wildman–Crippen LogP) is 3.39. The van der Waals surface area contributed by atoms with Crippen molar-refractivity contribution in [3.8, 4) is 0 Å². The zero-order valence-electron chi connectivity index (χ0n) is 15.4. The number of halogens is 1. The van der Waals surface area contributed by atoms with E-state index in [0.29, 0.717) is 0 Å². The van der Waals surface area contributed by atoms with Gasteiger partial charge in [0.05, 0.1) is 13.0 Å². The van der Waals surface area contributed by atoms with E-state index < -0.39 is 11.5 Å². The molecule has 0 aromatic heterocycles. The van der Waals surface area contributed by atoms with Gasteiger partial charge in [0, 0.05) is 34.7 Å². The molecule has 0 aliphatic carbocycles. The normalized spacial score (nSPS) is 29.3. The Labute approximate surface area is 166 Å². The van der Waals surface area contributed by atoms with Crippen LogP contribution in [-0.4, -0.2) is 26.0 Å². The highest BCUT2D eigenvalue weighted by Crippen LogP contribution is 2.54. The van der Waals surface area contributed by atoms with Gasteiger partial charge in [-0.3, -0.25) is 14.9 Å². The minimum absolute atomic E-state index is 0.0393. The van der Waals surface area contributed by atoms with E-state index >= 15 is 0 Å². The van der Waals surface area contributed by atoms with E-state index in [2.05, 4.69) is 21.2 Å². The van der Waals surface area contributed by atoms with Gasteiger partial charge in [-0.1, -0.05) is 53.2 Å². The van der Waals surface area contributed by atoms with Gasteiger partial charge in [-0.15, -0.1) is 0 Å². The molecule has 4 atom stereocenters. The Balaban J connectivity index is 1.89. The number of amides is 1. The van der Waals surface area contributed by atoms with Gasteiger partial charge >= 0.3 is 5.97 Å². The van der Waals surface area contributed by atoms with Crippen LogP contribution in [0.2, 0.25) is 0 Å². The molecule has 1 N–H and O–H groups in total. The number of rotatable bonds is 2. The molecule has 5 nitrogen and oxygen atoms in total. The summed E-state index contributed by atoms with van der Waals surface area (Å²) in [6, 6.07) is 15.3. The number of nitrogens with one attached hydrogen (secondary N) is 1. The third kappa shape index (κ3) is 2.47. The van der Waals surface area contributed by atoms with Crippen LogP contribution in [0.4, 0.5) is 5.69 Å². The van der Waals surface area contributed by atoms with E-state index in [1.165, 1.54) is 7.11 Å². The van der Waals surface area contributed by atoms with Gasteiger partial charge in [0.2, 0.25) is 0 Å². The van der Waals surface area contributed by atoms with Crippen LogP contribution in [0.25, 0.3) is 0 Å². The number of nitrogens with zero attached hydrogens (tertiary/aromatic N) is 1. The lowest BCUT2D eigenvalue weighted by Gasteiger charge is -2.29. The maximum atomic E-state index is 13.4. The van der Waals surface area contributed by atoms with E-state index in [-0.39, 0.29) is 23.8 Å². The fourth-order valence-electron chi connectivity index (χ4n) is 4.66. The first-order valence-corrected chi connectivity index (χ1v) is 9.69. The Morgan fingerprint density at radius 3 is 2.67 bits per heavy atom. The molecule has 2 aromatic rings. The lowest BCUT2D eigenvalue weighted by Crippen LogP contribution is -2.50. The zero-order valence-corrected chi connectivity index (χ0v) is 17.0. The average Bonchev–Trinajstić information content (AvgIpc) is 3.10. The molecule has 27 heavy (non-hydrogen) atoms. The molecule has 140 valence electrons. The number of likely N-dealkylation sites (N-methyl/N-ethyl adjacent to an activating group) is 1. The molecule has 6 heteroatoms. The average molecular weight is 429 g/mol. The monoisotopic (exact) mass is 428 g/mol.